The fourth-order valence-corrected chi connectivity index (χ4v) is 2.18. The number of carbonyl (C=O) groups is 1. The van der Waals surface area contributed by atoms with Gasteiger partial charge in [-0.05, 0) is 59.6 Å². The van der Waals surface area contributed by atoms with Gasteiger partial charge in [-0.2, -0.15) is 0 Å². The number of hydrogen-bond acceptors (Lipinski definition) is 2. The van der Waals surface area contributed by atoms with E-state index in [9.17, 15) is 14.3 Å². The molecule has 2 N–H and O–H groups in total. The lowest BCUT2D eigenvalue weighted by Gasteiger charge is -2.11. The molecule has 2 aromatic rings. The summed E-state index contributed by atoms with van der Waals surface area (Å²) in [5.74, 6) is -0.633. The number of nitrogens with one attached hydrogen (secondary N) is 1. The summed E-state index contributed by atoms with van der Waals surface area (Å²) in [7, 11) is 0. The van der Waals surface area contributed by atoms with Gasteiger partial charge in [0, 0.05) is 16.8 Å². The normalized spacial score (nSPS) is 10.4. The Labute approximate surface area is 124 Å². The van der Waals surface area contributed by atoms with E-state index >= 15 is 0 Å². The molecular weight excluding hydrogens is 325 g/mol. The Hall–Kier alpha value is -1.88. The fraction of sp³-hybridized carbons (Fsp3) is 0.133. The molecule has 0 spiro atoms. The third kappa shape index (κ3) is 2.82. The topological polar surface area (TPSA) is 49.3 Å². The van der Waals surface area contributed by atoms with Crippen LogP contribution in [0.3, 0.4) is 0 Å². The number of amides is 1. The maximum absolute atomic E-state index is 13.1. The third-order valence-electron chi connectivity index (χ3n) is 3.06. The molecule has 0 heterocycles. The first-order chi connectivity index (χ1) is 9.40. The highest BCUT2D eigenvalue weighted by molar-refractivity contribution is 9.10. The van der Waals surface area contributed by atoms with Crippen LogP contribution in [0.2, 0.25) is 0 Å². The van der Waals surface area contributed by atoms with Crippen LogP contribution in [0.1, 0.15) is 21.5 Å². The lowest BCUT2D eigenvalue weighted by atomic mass is 10.1. The molecule has 3 nitrogen and oxygen atoms in total. The van der Waals surface area contributed by atoms with Gasteiger partial charge in [0.15, 0.2) is 0 Å². The zero-order valence-corrected chi connectivity index (χ0v) is 12.6. The summed E-state index contributed by atoms with van der Waals surface area (Å²) in [5.41, 5.74) is 2.20. The number of halogens is 2. The average Bonchev–Trinajstić information content (AvgIpc) is 2.42. The number of rotatable bonds is 2. The van der Waals surface area contributed by atoms with E-state index in [1.807, 2.05) is 0 Å². The molecule has 0 aliphatic carbocycles. The second kappa shape index (κ2) is 5.63. The first-order valence-electron chi connectivity index (χ1n) is 5.95. The van der Waals surface area contributed by atoms with Crippen LogP contribution >= 0.6 is 15.9 Å². The summed E-state index contributed by atoms with van der Waals surface area (Å²) in [6, 6.07) is 7.48. The van der Waals surface area contributed by atoms with Crippen LogP contribution in [0.4, 0.5) is 10.1 Å². The Bertz CT molecular complexity index is 686. The lowest BCUT2D eigenvalue weighted by Crippen LogP contribution is -2.13. The number of carbonyl (C=O) groups excluding carboxylic acids is 1. The fourth-order valence-electron chi connectivity index (χ4n) is 1.80. The molecule has 0 saturated carbocycles. The predicted molar refractivity (Wildman–Crippen MR) is 79.6 cm³/mol. The molecule has 0 bridgehead atoms. The van der Waals surface area contributed by atoms with E-state index in [0.29, 0.717) is 16.8 Å². The summed E-state index contributed by atoms with van der Waals surface area (Å²) in [4.78, 5) is 12.1. The zero-order valence-electron chi connectivity index (χ0n) is 11.0. The Morgan fingerprint density at radius 3 is 2.60 bits per heavy atom. The molecule has 0 unspecified atom stereocenters. The van der Waals surface area contributed by atoms with Crippen LogP contribution in [0.25, 0.3) is 0 Å². The first-order valence-corrected chi connectivity index (χ1v) is 6.75. The second-order valence-electron chi connectivity index (χ2n) is 4.49. The van der Waals surface area contributed by atoms with Gasteiger partial charge >= 0.3 is 0 Å². The van der Waals surface area contributed by atoms with E-state index in [4.69, 9.17) is 0 Å². The molecule has 0 aliphatic rings. The molecule has 20 heavy (non-hydrogen) atoms. The van der Waals surface area contributed by atoms with Crippen molar-refractivity contribution >= 4 is 27.5 Å². The van der Waals surface area contributed by atoms with Crippen LogP contribution in [0.15, 0.2) is 34.8 Å². The smallest absolute Gasteiger partial charge is 0.255 e. The van der Waals surface area contributed by atoms with Gasteiger partial charge in [0.05, 0.1) is 4.47 Å². The second-order valence-corrected chi connectivity index (χ2v) is 5.34. The van der Waals surface area contributed by atoms with Crippen LogP contribution in [0, 0.1) is 19.7 Å². The number of phenols is 1. The molecule has 2 aromatic carbocycles. The van der Waals surface area contributed by atoms with Gasteiger partial charge in [0.1, 0.15) is 11.6 Å². The van der Waals surface area contributed by atoms with Crippen molar-refractivity contribution in [1.82, 2.24) is 0 Å². The van der Waals surface area contributed by atoms with E-state index in [2.05, 4.69) is 21.2 Å². The van der Waals surface area contributed by atoms with Crippen molar-refractivity contribution in [3.05, 3.63) is 57.3 Å². The van der Waals surface area contributed by atoms with Crippen molar-refractivity contribution in [2.24, 2.45) is 0 Å². The van der Waals surface area contributed by atoms with Gasteiger partial charge in [0.25, 0.3) is 5.91 Å². The number of anilines is 1. The van der Waals surface area contributed by atoms with Crippen molar-refractivity contribution in [3.63, 3.8) is 0 Å². The Balaban J connectivity index is 2.28. The lowest BCUT2D eigenvalue weighted by molar-refractivity contribution is 0.102. The Morgan fingerprint density at radius 1 is 1.25 bits per heavy atom. The van der Waals surface area contributed by atoms with Crippen LogP contribution in [-0.4, -0.2) is 11.0 Å². The van der Waals surface area contributed by atoms with E-state index in [1.165, 1.54) is 18.2 Å². The number of hydrogen-bond donors (Lipinski definition) is 2. The summed E-state index contributed by atoms with van der Waals surface area (Å²) >= 11 is 3.04. The standard InChI is InChI=1S/C15H13BrFNO2/c1-8-3-6-13(9(2)14(8)19)18-15(20)10-4-5-12(17)11(16)7-10/h3-7,19H,1-2H3,(H,18,20). The molecule has 0 aliphatic heterocycles. The molecule has 0 fully saturated rings. The van der Waals surface area contributed by atoms with Crippen molar-refractivity contribution in [2.75, 3.05) is 5.32 Å². The predicted octanol–water partition coefficient (Wildman–Crippen LogP) is 4.16. The molecular formula is C15H13BrFNO2. The molecule has 104 valence electrons. The molecule has 0 saturated heterocycles. The van der Waals surface area contributed by atoms with Crippen LogP contribution in [0.5, 0.6) is 5.75 Å². The summed E-state index contributed by atoms with van der Waals surface area (Å²) in [5, 5.41) is 12.5. The third-order valence-corrected chi connectivity index (χ3v) is 3.67. The Kier molecular flexibility index (Phi) is 4.09. The van der Waals surface area contributed by atoms with Gasteiger partial charge in [-0.15, -0.1) is 0 Å². The van der Waals surface area contributed by atoms with Gasteiger partial charge in [-0.25, -0.2) is 4.39 Å². The number of phenolic OH excluding ortho intramolecular Hbond substituents is 1. The molecule has 5 heteroatoms. The average molecular weight is 338 g/mol. The number of aromatic hydroxyl groups is 1. The molecule has 0 atom stereocenters. The maximum Gasteiger partial charge on any atom is 0.255 e. The molecule has 1 amide bonds. The minimum Gasteiger partial charge on any atom is -0.507 e. The Morgan fingerprint density at radius 2 is 1.95 bits per heavy atom. The molecule has 2 rings (SSSR count). The molecule has 0 radical (unpaired) electrons. The van der Waals surface area contributed by atoms with Crippen molar-refractivity contribution in [3.8, 4) is 5.75 Å². The van der Waals surface area contributed by atoms with Crippen molar-refractivity contribution in [2.45, 2.75) is 13.8 Å². The summed E-state index contributed by atoms with van der Waals surface area (Å²) in [6.45, 7) is 3.50. The largest absolute Gasteiger partial charge is 0.507 e. The number of benzene rings is 2. The SMILES string of the molecule is Cc1ccc(NC(=O)c2ccc(F)c(Br)c2)c(C)c1O. The van der Waals surface area contributed by atoms with Gasteiger partial charge < -0.3 is 10.4 Å². The minimum absolute atomic E-state index is 0.156. The van der Waals surface area contributed by atoms with Gasteiger partial charge in [-0.1, -0.05) is 6.07 Å². The molecule has 0 aromatic heterocycles. The minimum atomic E-state index is -0.425. The monoisotopic (exact) mass is 337 g/mol. The van der Waals surface area contributed by atoms with Crippen LogP contribution < -0.4 is 5.32 Å². The highest BCUT2D eigenvalue weighted by Crippen LogP contribution is 2.28. The van der Waals surface area contributed by atoms with E-state index in [1.54, 1.807) is 26.0 Å². The number of aryl methyl sites for hydroxylation is 1. The summed E-state index contributed by atoms with van der Waals surface area (Å²) < 4.78 is 13.4. The zero-order chi connectivity index (χ0) is 14.9. The van der Waals surface area contributed by atoms with Gasteiger partial charge in [-0.3, -0.25) is 4.79 Å². The maximum atomic E-state index is 13.1. The van der Waals surface area contributed by atoms with Crippen molar-refractivity contribution < 1.29 is 14.3 Å². The van der Waals surface area contributed by atoms with E-state index in [-0.39, 0.29) is 16.1 Å². The van der Waals surface area contributed by atoms with Crippen LogP contribution in [-0.2, 0) is 0 Å². The first kappa shape index (κ1) is 14.5. The summed E-state index contributed by atoms with van der Waals surface area (Å²) in [6.07, 6.45) is 0. The van der Waals surface area contributed by atoms with E-state index in [0.717, 1.165) is 5.56 Å². The van der Waals surface area contributed by atoms with E-state index < -0.39 is 5.82 Å². The quantitative estimate of drug-likeness (QED) is 0.864. The highest BCUT2D eigenvalue weighted by atomic mass is 79.9. The highest BCUT2D eigenvalue weighted by Gasteiger charge is 2.12. The van der Waals surface area contributed by atoms with Crippen molar-refractivity contribution in [1.29, 1.82) is 0 Å². The van der Waals surface area contributed by atoms with Gasteiger partial charge in [0.2, 0.25) is 0 Å².